The molecule has 1 aliphatic rings. The van der Waals surface area contributed by atoms with Gasteiger partial charge in [0.25, 0.3) is 0 Å². The summed E-state index contributed by atoms with van der Waals surface area (Å²) >= 11 is 0. The molecule has 0 unspecified atom stereocenters. The number of benzene rings is 1. The van der Waals surface area contributed by atoms with Crippen LogP contribution in [-0.4, -0.2) is 30.3 Å². The van der Waals surface area contributed by atoms with E-state index in [4.69, 9.17) is 9.84 Å². The predicted molar refractivity (Wildman–Crippen MR) is 65.5 cm³/mol. The normalized spacial score (nSPS) is 17.2. The highest BCUT2D eigenvalue weighted by atomic mass is 16.5. The van der Waals surface area contributed by atoms with Gasteiger partial charge in [-0.05, 0) is 43.5 Å². The van der Waals surface area contributed by atoms with Gasteiger partial charge in [0, 0.05) is 19.3 Å². The second kappa shape index (κ2) is 4.75. The quantitative estimate of drug-likeness (QED) is 0.822. The van der Waals surface area contributed by atoms with Crippen molar-refractivity contribution in [3.63, 3.8) is 0 Å². The summed E-state index contributed by atoms with van der Waals surface area (Å²) in [6, 6.07) is 6.77. The van der Waals surface area contributed by atoms with E-state index < -0.39 is 5.97 Å². The molecule has 1 aromatic rings. The Kier molecular flexibility index (Phi) is 3.33. The summed E-state index contributed by atoms with van der Waals surface area (Å²) in [5.41, 5.74) is 1.21. The Bertz CT molecular complexity index is 390. The molecule has 0 atom stereocenters. The van der Waals surface area contributed by atoms with Crippen molar-refractivity contribution >= 4 is 11.7 Å². The molecule has 0 heterocycles. The van der Waals surface area contributed by atoms with Gasteiger partial charge in [-0.25, -0.2) is 4.79 Å². The molecule has 1 aromatic carbocycles. The van der Waals surface area contributed by atoms with Crippen molar-refractivity contribution in [3.8, 4) is 0 Å². The first-order valence-corrected chi connectivity index (χ1v) is 5.78. The van der Waals surface area contributed by atoms with Crippen LogP contribution in [0.3, 0.4) is 0 Å². The Morgan fingerprint density at radius 3 is 2.47 bits per heavy atom. The predicted octanol–water partition coefficient (Wildman–Crippen LogP) is 2.37. The van der Waals surface area contributed by atoms with E-state index in [0.29, 0.717) is 5.56 Å². The number of hydrogen-bond donors (Lipinski definition) is 2. The Morgan fingerprint density at radius 1 is 1.41 bits per heavy atom. The minimum absolute atomic E-state index is 0.0224. The zero-order chi connectivity index (χ0) is 12.3. The summed E-state index contributed by atoms with van der Waals surface area (Å²) in [6.07, 6.45) is 3.39. The minimum atomic E-state index is -0.899. The molecular weight excluding hydrogens is 218 g/mol. The van der Waals surface area contributed by atoms with Crippen LogP contribution in [0.25, 0.3) is 0 Å². The highest BCUT2D eigenvalue weighted by molar-refractivity contribution is 5.87. The second-order valence-electron chi connectivity index (χ2n) is 4.48. The molecule has 0 amide bonds. The largest absolute Gasteiger partial charge is 0.478 e. The maximum absolute atomic E-state index is 10.7. The molecule has 0 radical (unpaired) electrons. The number of methoxy groups -OCH3 is 1. The van der Waals surface area contributed by atoms with Crippen LogP contribution in [0, 0.1) is 0 Å². The fourth-order valence-corrected chi connectivity index (χ4v) is 2.02. The zero-order valence-electron chi connectivity index (χ0n) is 9.90. The molecule has 17 heavy (non-hydrogen) atoms. The Labute approximate surface area is 101 Å². The summed E-state index contributed by atoms with van der Waals surface area (Å²) in [5, 5.41) is 12.1. The number of carboxylic acid groups (broad SMARTS) is 1. The van der Waals surface area contributed by atoms with E-state index in [1.165, 1.54) is 6.42 Å². The number of ether oxygens (including phenoxy) is 1. The van der Waals surface area contributed by atoms with Crippen LogP contribution in [0.5, 0.6) is 0 Å². The summed E-state index contributed by atoms with van der Waals surface area (Å²) in [5.74, 6) is -0.899. The van der Waals surface area contributed by atoms with Gasteiger partial charge in [0.15, 0.2) is 0 Å². The second-order valence-corrected chi connectivity index (χ2v) is 4.48. The lowest BCUT2D eigenvalue weighted by molar-refractivity contribution is -0.0601. The van der Waals surface area contributed by atoms with E-state index in [2.05, 4.69) is 5.32 Å². The highest BCUT2D eigenvalue weighted by Gasteiger charge is 2.36. The lowest BCUT2D eigenvalue weighted by atomic mass is 9.80. The summed E-state index contributed by atoms with van der Waals surface area (Å²) in [7, 11) is 1.74. The van der Waals surface area contributed by atoms with Crippen molar-refractivity contribution in [2.24, 2.45) is 0 Å². The van der Waals surface area contributed by atoms with Gasteiger partial charge < -0.3 is 15.2 Å². The monoisotopic (exact) mass is 235 g/mol. The van der Waals surface area contributed by atoms with E-state index >= 15 is 0 Å². The van der Waals surface area contributed by atoms with Gasteiger partial charge in [-0.15, -0.1) is 0 Å². The average molecular weight is 235 g/mol. The average Bonchev–Trinajstić information content (AvgIpc) is 2.29. The molecule has 1 saturated carbocycles. The van der Waals surface area contributed by atoms with Crippen LogP contribution in [0.4, 0.5) is 5.69 Å². The Hall–Kier alpha value is -1.55. The minimum Gasteiger partial charge on any atom is -0.478 e. The maximum Gasteiger partial charge on any atom is 0.335 e. The lowest BCUT2D eigenvalue weighted by Crippen LogP contribution is -2.45. The molecule has 4 heteroatoms. The number of hydrogen-bond acceptors (Lipinski definition) is 3. The number of aromatic carboxylic acids is 1. The molecule has 92 valence electrons. The topological polar surface area (TPSA) is 58.6 Å². The van der Waals surface area contributed by atoms with Crippen molar-refractivity contribution in [3.05, 3.63) is 29.8 Å². The van der Waals surface area contributed by atoms with E-state index in [-0.39, 0.29) is 5.60 Å². The summed E-state index contributed by atoms with van der Waals surface area (Å²) in [6.45, 7) is 0.774. The highest BCUT2D eigenvalue weighted by Crippen LogP contribution is 2.35. The third kappa shape index (κ3) is 2.58. The first-order chi connectivity index (χ1) is 8.15. The van der Waals surface area contributed by atoms with Gasteiger partial charge in [-0.1, -0.05) is 0 Å². The van der Waals surface area contributed by atoms with Crippen LogP contribution >= 0.6 is 0 Å². The SMILES string of the molecule is COC1(CNc2ccc(C(=O)O)cc2)CCC1. The summed E-state index contributed by atoms with van der Waals surface area (Å²) in [4.78, 5) is 10.7. The number of nitrogens with one attached hydrogen (secondary N) is 1. The fourth-order valence-electron chi connectivity index (χ4n) is 2.02. The Morgan fingerprint density at radius 2 is 2.06 bits per heavy atom. The molecule has 0 spiro atoms. The maximum atomic E-state index is 10.7. The van der Waals surface area contributed by atoms with Crippen LogP contribution in [0.1, 0.15) is 29.6 Å². The smallest absolute Gasteiger partial charge is 0.335 e. The van der Waals surface area contributed by atoms with Crippen molar-refractivity contribution in [2.45, 2.75) is 24.9 Å². The first kappa shape index (κ1) is 11.9. The molecule has 0 bridgehead atoms. The number of anilines is 1. The van der Waals surface area contributed by atoms with E-state index in [0.717, 1.165) is 25.1 Å². The molecule has 2 N–H and O–H groups in total. The van der Waals surface area contributed by atoms with Gasteiger partial charge in [-0.3, -0.25) is 0 Å². The summed E-state index contributed by atoms with van der Waals surface area (Å²) < 4.78 is 5.50. The molecule has 0 saturated heterocycles. The standard InChI is InChI=1S/C13H17NO3/c1-17-13(7-2-8-13)9-14-11-5-3-10(4-6-11)12(15)16/h3-6,14H,2,7-9H2,1H3,(H,15,16). The zero-order valence-corrected chi connectivity index (χ0v) is 9.90. The van der Waals surface area contributed by atoms with Gasteiger partial charge >= 0.3 is 5.97 Å². The van der Waals surface area contributed by atoms with Crippen LogP contribution < -0.4 is 5.32 Å². The molecule has 2 rings (SSSR count). The van der Waals surface area contributed by atoms with Gasteiger partial charge in [-0.2, -0.15) is 0 Å². The molecule has 1 aliphatic carbocycles. The van der Waals surface area contributed by atoms with Crippen LogP contribution in [0.15, 0.2) is 24.3 Å². The van der Waals surface area contributed by atoms with Crippen molar-refractivity contribution in [1.82, 2.24) is 0 Å². The van der Waals surface area contributed by atoms with E-state index in [9.17, 15) is 4.79 Å². The molecule has 0 aromatic heterocycles. The number of rotatable bonds is 5. The van der Waals surface area contributed by atoms with Crippen molar-refractivity contribution in [1.29, 1.82) is 0 Å². The van der Waals surface area contributed by atoms with Crippen LogP contribution in [0.2, 0.25) is 0 Å². The van der Waals surface area contributed by atoms with Crippen LogP contribution in [-0.2, 0) is 4.74 Å². The molecule has 0 aliphatic heterocycles. The molecule has 1 fully saturated rings. The van der Waals surface area contributed by atoms with Gasteiger partial charge in [0.2, 0.25) is 0 Å². The third-order valence-electron chi connectivity index (χ3n) is 3.44. The fraction of sp³-hybridized carbons (Fsp3) is 0.462. The van der Waals surface area contributed by atoms with Gasteiger partial charge in [0.1, 0.15) is 0 Å². The lowest BCUT2D eigenvalue weighted by Gasteiger charge is -2.40. The number of carboxylic acids is 1. The third-order valence-corrected chi connectivity index (χ3v) is 3.44. The first-order valence-electron chi connectivity index (χ1n) is 5.78. The van der Waals surface area contributed by atoms with Crippen molar-refractivity contribution < 1.29 is 14.6 Å². The van der Waals surface area contributed by atoms with Gasteiger partial charge in [0.05, 0.1) is 11.2 Å². The Balaban J connectivity index is 1.93. The van der Waals surface area contributed by atoms with Crippen molar-refractivity contribution in [2.75, 3.05) is 19.0 Å². The van der Waals surface area contributed by atoms with E-state index in [1.54, 1.807) is 31.4 Å². The van der Waals surface area contributed by atoms with E-state index in [1.807, 2.05) is 0 Å². The molecule has 4 nitrogen and oxygen atoms in total. The molecular formula is C13H17NO3. The number of carbonyl (C=O) groups is 1.